The molecule has 0 saturated heterocycles. The van der Waals surface area contributed by atoms with Crippen LogP contribution in [0.15, 0.2) is 46.5 Å². The fourth-order valence-electron chi connectivity index (χ4n) is 2.37. The standard InChI is InChI=1S/C15H16N2S/c16-10-11-6-7-17-15(8-11)18-14-5-4-12-2-1-3-13(12)9-14/h4-9H,1-3,10,16H2. The van der Waals surface area contributed by atoms with Crippen LogP contribution < -0.4 is 5.73 Å². The van der Waals surface area contributed by atoms with Crippen LogP contribution in [0.5, 0.6) is 0 Å². The van der Waals surface area contributed by atoms with Gasteiger partial charge in [-0.05, 0) is 60.2 Å². The Hall–Kier alpha value is -1.32. The van der Waals surface area contributed by atoms with Gasteiger partial charge in [-0.25, -0.2) is 4.98 Å². The van der Waals surface area contributed by atoms with E-state index in [0.29, 0.717) is 6.54 Å². The van der Waals surface area contributed by atoms with Gasteiger partial charge in [0.05, 0.1) is 0 Å². The second-order valence-electron chi connectivity index (χ2n) is 4.59. The summed E-state index contributed by atoms with van der Waals surface area (Å²) >= 11 is 1.72. The Morgan fingerprint density at radius 3 is 2.89 bits per heavy atom. The number of fused-ring (bicyclic) bond motifs is 1. The lowest BCUT2D eigenvalue weighted by molar-refractivity contribution is 0.911. The predicted octanol–water partition coefficient (Wildman–Crippen LogP) is 3.18. The monoisotopic (exact) mass is 256 g/mol. The Kier molecular flexibility index (Phi) is 3.35. The van der Waals surface area contributed by atoms with Gasteiger partial charge in [0.1, 0.15) is 5.03 Å². The second kappa shape index (κ2) is 5.12. The van der Waals surface area contributed by atoms with Crippen molar-refractivity contribution in [2.75, 3.05) is 0 Å². The molecule has 18 heavy (non-hydrogen) atoms. The Morgan fingerprint density at radius 2 is 2.00 bits per heavy atom. The highest BCUT2D eigenvalue weighted by molar-refractivity contribution is 7.99. The molecule has 1 aliphatic rings. The van der Waals surface area contributed by atoms with E-state index >= 15 is 0 Å². The number of nitrogens with zero attached hydrogens (tertiary/aromatic N) is 1. The van der Waals surface area contributed by atoms with E-state index in [2.05, 4.69) is 29.2 Å². The van der Waals surface area contributed by atoms with Gasteiger partial charge in [0.2, 0.25) is 0 Å². The molecule has 0 atom stereocenters. The van der Waals surface area contributed by atoms with Crippen molar-refractivity contribution < 1.29 is 0 Å². The zero-order valence-corrected chi connectivity index (χ0v) is 11.0. The summed E-state index contributed by atoms with van der Waals surface area (Å²) in [6, 6.07) is 10.8. The number of nitrogens with two attached hydrogens (primary N) is 1. The van der Waals surface area contributed by atoms with Crippen LogP contribution in [0.1, 0.15) is 23.1 Å². The van der Waals surface area contributed by atoms with Crippen molar-refractivity contribution in [1.29, 1.82) is 0 Å². The topological polar surface area (TPSA) is 38.9 Å². The summed E-state index contributed by atoms with van der Waals surface area (Å²) in [5.74, 6) is 0. The SMILES string of the molecule is NCc1ccnc(Sc2ccc3c(c2)CCC3)c1. The molecule has 1 heterocycles. The molecule has 0 amide bonds. The summed E-state index contributed by atoms with van der Waals surface area (Å²) in [6.45, 7) is 0.570. The smallest absolute Gasteiger partial charge is 0.101 e. The first-order valence-corrected chi connectivity index (χ1v) is 7.11. The predicted molar refractivity (Wildman–Crippen MR) is 74.7 cm³/mol. The normalized spacial score (nSPS) is 13.6. The zero-order chi connectivity index (χ0) is 12.4. The van der Waals surface area contributed by atoms with Gasteiger partial charge in [0.25, 0.3) is 0 Å². The van der Waals surface area contributed by atoms with Crippen molar-refractivity contribution >= 4 is 11.8 Å². The summed E-state index contributed by atoms with van der Waals surface area (Å²) in [5, 5.41) is 1.02. The van der Waals surface area contributed by atoms with Gasteiger partial charge >= 0.3 is 0 Å². The third-order valence-electron chi connectivity index (χ3n) is 3.33. The molecule has 0 bridgehead atoms. The minimum absolute atomic E-state index is 0.570. The van der Waals surface area contributed by atoms with Gasteiger partial charge in [0.15, 0.2) is 0 Å². The van der Waals surface area contributed by atoms with E-state index in [1.54, 1.807) is 11.8 Å². The molecule has 1 aromatic heterocycles. The van der Waals surface area contributed by atoms with E-state index in [9.17, 15) is 0 Å². The van der Waals surface area contributed by atoms with Gasteiger partial charge in [-0.15, -0.1) is 0 Å². The van der Waals surface area contributed by atoms with Crippen LogP contribution in [0.3, 0.4) is 0 Å². The van der Waals surface area contributed by atoms with E-state index in [0.717, 1.165) is 10.6 Å². The number of hydrogen-bond donors (Lipinski definition) is 1. The molecule has 3 rings (SSSR count). The lowest BCUT2D eigenvalue weighted by Crippen LogP contribution is -1.96. The lowest BCUT2D eigenvalue weighted by atomic mass is 10.1. The van der Waals surface area contributed by atoms with Crippen molar-refractivity contribution in [2.24, 2.45) is 5.73 Å². The largest absolute Gasteiger partial charge is 0.326 e. The van der Waals surface area contributed by atoms with Crippen LogP contribution in [0, 0.1) is 0 Å². The maximum atomic E-state index is 5.65. The third kappa shape index (κ3) is 2.42. The third-order valence-corrected chi connectivity index (χ3v) is 4.25. The maximum absolute atomic E-state index is 5.65. The van der Waals surface area contributed by atoms with Crippen LogP contribution in [-0.2, 0) is 19.4 Å². The first kappa shape index (κ1) is 11.8. The molecule has 0 spiro atoms. The van der Waals surface area contributed by atoms with Crippen LogP contribution in [-0.4, -0.2) is 4.98 Å². The Labute approximate surface area is 112 Å². The van der Waals surface area contributed by atoms with E-state index < -0.39 is 0 Å². The van der Waals surface area contributed by atoms with Gasteiger partial charge < -0.3 is 5.73 Å². The van der Waals surface area contributed by atoms with E-state index in [1.165, 1.54) is 35.3 Å². The summed E-state index contributed by atoms with van der Waals surface area (Å²) in [7, 11) is 0. The lowest BCUT2D eigenvalue weighted by Gasteiger charge is -2.05. The average Bonchev–Trinajstić information content (AvgIpc) is 2.86. The van der Waals surface area contributed by atoms with E-state index in [1.807, 2.05) is 12.3 Å². The molecular formula is C15H16N2S. The van der Waals surface area contributed by atoms with Gasteiger partial charge in [-0.2, -0.15) is 0 Å². The molecular weight excluding hydrogens is 240 g/mol. The minimum atomic E-state index is 0.570. The molecule has 1 aromatic carbocycles. The van der Waals surface area contributed by atoms with E-state index in [-0.39, 0.29) is 0 Å². The molecule has 3 heteroatoms. The number of pyridine rings is 1. The Bertz CT molecular complexity index is 566. The number of hydrogen-bond acceptors (Lipinski definition) is 3. The van der Waals surface area contributed by atoms with Crippen LogP contribution >= 0.6 is 11.8 Å². The first-order valence-electron chi connectivity index (χ1n) is 6.30. The Morgan fingerprint density at radius 1 is 1.11 bits per heavy atom. The van der Waals surface area contributed by atoms with Crippen molar-refractivity contribution in [3.63, 3.8) is 0 Å². The summed E-state index contributed by atoms with van der Waals surface area (Å²) in [6.07, 6.45) is 5.59. The molecule has 0 fully saturated rings. The molecule has 0 unspecified atom stereocenters. The summed E-state index contributed by atoms with van der Waals surface area (Å²) in [4.78, 5) is 5.66. The highest BCUT2D eigenvalue weighted by Crippen LogP contribution is 2.31. The highest BCUT2D eigenvalue weighted by Gasteiger charge is 2.11. The van der Waals surface area contributed by atoms with Crippen LogP contribution in [0.2, 0.25) is 0 Å². The van der Waals surface area contributed by atoms with Gasteiger partial charge in [0, 0.05) is 17.6 Å². The second-order valence-corrected chi connectivity index (χ2v) is 5.69. The highest BCUT2D eigenvalue weighted by atomic mass is 32.2. The molecule has 2 N–H and O–H groups in total. The fourth-order valence-corrected chi connectivity index (χ4v) is 3.27. The molecule has 0 aliphatic heterocycles. The van der Waals surface area contributed by atoms with Crippen molar-refractivity contribution in [2.45, 2.75) is 35.7 Å². The van der Waals surface area contributed by atoms with Gasteiger partial charge in [-0.1, -0.05) is 17.8 Å². The number of benzene rings is 1. The first-order chi connectivity index (χ1) is 8.85. The molecule has 0 saturated carbocycles. The fraction of sp³-hybridized carbons (Fsp3) is 0.267. The molecule has 1 aliphatic carbocycles. The number of rotatable bonds is 3. The van der Waals surface area contributed by atoms with Crippen LogP contribution in [0.25, 0.3) is 0 Å². The average molecular weight is 256 g/mol. The summed E-state index contributed by atoms with van der Waals surface area (Å²) < 4.78 is 0. The minimum Gasteiger partial charge on any atom is -0.326 e. The van der Waals surface area contributed by atoms with Crippen LogP contribution in [0.4, 0.5) is 0 Å². The quantitative estimate of drug-likeness (QED) is 0.916. The Balaban J connectivity index is 1.83. The summed E-state index contributed by atoms with van der Waals surface area (Å²) in [5.41, 5.74) is 9.81. The number of aryl methyl sites for hydroxylation is 2. The molecule has 92 valence electrons. The van der Waals surface area contributed by atoms with Crippen molar-refractivity contribution in [3.05, 3.63) is 53.2 Å². The zero-order valence-electron chi connectivity index (χ0n) is 10.2. The van der Waals surface area contributed by atoms with Gasteiger partial charge in [-0.3, -0.25) is 0 Å². The van der Waals surface area contributed by atoms with Crippen molar-refractivity contribution in [1.82, 2.24) is 4.98 Å². The maximum Gasteiger partial charge on any atom is 0.101 e. The van der Waals surface area contributed by atoms with Crippen molar-refractivity contribution in [3.8, 4) is 0 Å². The molecule has 0 radical (unpaired) electrons. The number of aromatic nitrogens is 1. The molecule has 2 nitrogen and oxygen atoms in total. The molecule has 2 aromatic rings. The van der Waals surface area contributed by atoms with E-state index in [4.69, 9.17) is 5.73 Å².